The van der Waals surface area contributed by atoms with Crippen LogP contribution in [0.2, 0.25) is 0 Å². The second-order valence-corrected chi connectivity index (χ2v) is 7.79. The zero-order valence-corrected chi connectivity index (χ0v) is 17.1. The van der Waals surface area contributed by atoms with Crippen molar-refractivity contribution in [1.82, 2.24) is 0 Å². The van der Waals surface area contributed by atoms with Gasteiger partial charge in [0.1, 0.15) is 0 Å². The first-order valence-electron chi connectivity index (χ1n) is 10.5. The Morgan fingerprint density at radius 1 is 0.966 bits per heavy atom. The highest BCUT2D eigenvalue weighted by molar-refractivity contribution is 5.99. The van der Waals surface area contributed by atoms with Crippen LogP contribution in [0.3, 0.4) is 0 Å². The number of amides is 1. The smallest absolute Gasteiger partial charge is 0.234 e. The van der Waals surface area contributed by atoms with E-state index in [2.05, 4.69) is 61.6 Å². The summed E-state index contributed by atoms with van der Waals surface area (Å²) in [7, 11) is 0. The number of rotatable bonds is 5. The largest absolute Gasteiger partial charge is 0.378 e. The highest BCUT2D eigenvalue weighted by Gasteiger charge is 2.36. The van der Waals surface area contributed by atoms with Crippen LogP contribution in [-0.4, -0.2) is 11.9 Å². The van der Waals surface area contributed by atoms with Crippen LogP contribution in [0.15, 0.2) is 84.9 Å². The maximum Gasteiger partial charge on any atom is 0.234 e. The molecule has 1 N–H and O–H groups in total. The molecule has 0 spiro atoms. The maximum absolute atomic E-state index is 13.7. The Hall–Kier alpha value is -3.07. The van der Waals surface area contributed by atoms with Crippen molar-refractivity contribution in [3.8, 4) is 0 Å². The van der Waals surface area contributed by atoms with Gasteiger partial charge in [-0.3, -0.25) is 4.79 Å². The lowest BCUT2D eigenvalue weighted by atomic mass is 9.88. The molecule has 3 atom stereocenters. The van der Waals surface area contributed by atoms with E-state index in [1.807, 2.05) is 47.4 Å². The highest BCUT2D eigenvalue weighted by Crippen LogP contribution is 2.40. The number of carbonyl (C=O) groups excluding carboxylic acids is 1. The van der Waals surface area contributed by atoms with Gasteiger partial charge in [0.2, 0.25) is 5.91 Å². The summed E-state index contributed by atoms with van der Waals surface area (Å²) in [6.45, 7) is 4.25. The lowest BCUT2D eigenvalue weighted by Crippen LogP contribution is -2.46. The Morgan fingerprint density at radius 3 is 2.28 bits per heavy atom. The number of anilines is 2. The topological polar surface area (TPSA) is 32.3 Å². The zero-order chi connectivity index (χ0) is 20.2. The molecule has 0 aromatic heterocycles. The second-order valence-electron chi connectivity index (χ2n) is 7.79. The molecular formula is C26H28N2O. The third-order valence-corrected chi connectivity index (χ3v) is 5.85. The van der Waals surface area contributed by atoms with Gasteiger partial charge in [0.25, 0.3) is 0 Å². The number of hydrogen-bond acceptors (Lipinski definition) is 2. The van der Waals surface area contributed by atoms with Crippen molar-refractivity contribution in [1.29, 1.82) is 0 Å². The van der Waals surface area contributed by atoms with E-state index in [4.69, 9.17) is 0 Å². The number of benzene rings is 3. The molecular weight excluding hydrogens is 356 g/mol. The first kappa shape index (κ1) is 19.3. The van der Waals surface area contributed by atoms with Crippen LogP contribution in [-0.2, 0) is 4.79 Å². The van der Waals surface area contributed by atoms with Crippen molar-refractivity contribution >= 4 is 17.3 Å². The van der Waals surface area contributed by atoms with Gasteiger partial charge >= 0.3 is 0 Å². The molecule has 0 saturated heterocycles. The molecule has 0 unspecified atom stereocenters. The average Bonchev–Trinajstić information content (AvgIpc) is 2.76. The van der Waals surface area contributed by atoms with Crippen molar-refractivity contribution < 1.29 is 4.79 Å². The average molecular weight is 385 g/mol. The highest BCUT2D eigenvalue weighted by atomic mass is 16.2. The summed E-state index contributed by atoms with van der Waals surface area (Å²) in [5, 5.41) is 3.66. The SMILES string of the molecule is CC[C@H](C(=O)N1c2ccccc2[C@@H](Nc2ccccc2)C[C@@H]1C)c1ccccc1. The number of fused-ring (bicyclic) bond motifs is 1. The van der Waals surface area contributed by atoms with Gasteiger partial charge in [0.15, 0.2) is 0 Å². The van der Waals surface area contributed by atoms with Crippen LogP contribution in [0, 0.1) is 0 Å². The van der Waals surface area contributed by atoms with Crippen LogP contribution < -0.4 is 10.2 Å². The van der Waals surface area contributed by atoms with Crippen molar-refractivity contribution in [2.24, 2.45) is 0 Å². The molecule has 0 saturated carbocycles. The Kier molecular flexibility index (Phi) is 5.66. The first-order valence-corrected chi connectivity index (χ1v) is 10.5. The van der Waals surface area contributed by atoms with E-state index in [0.29, 0.717) is 0 Å². The molecule has 1 heterocycles. The Balaban J connectivity index is 1.67. The fourth-order valence-corrected chi connectivity index (χ4v) is 4.43. The molecule has 1 aliphatic heterocycles. The summed E-state index contributed by atoms with van der Waals surface area (Å²) in [6, 6.07) is 29.1. The molecule has 0 bridgehead atoms. The minimum absolute atomic E-state index is 0.120. The molecule has 3 aromatic rings. The van der Waals surface area contributed by atoms with Gasteiger partial charge in [0, 0.05) is 17.4 Å². The van der Waals surface area contributed by atoms with Gasteiger partial charge in [-0.25, -0.2) is 0 Å². The molecule has 29 heavy (non-hydrogen) atoms. The molecule has 3 aromatic carbocycles. The predicted molar refractivity (Wildman–Crippen MR) is 120 cm³/mol. The monoisotopic (exact) mass is 384 g/mol. The molecule has 148 valence electrons. The minimum Gasteiger partial charge on any atom is -0.378 e. The summed E-state index contributed by atoms with van der Waals surface area (Å²) in [4.78, 5) is 15.7. The van der Waals surface area contributed by atoms with E-state index >= 15 is 0 Å². The molecule has 4 rings (SSSR count). The third-order valence-electron chi connectivity index (χ3n) is 5.85. The van der Waals surface area contributed by atoms with Crippen molar-refractivity contribution in [2.75, 3.05) is 10.2 Å². The Labute approximate surface area is 173 Å². The van der Waals surface area contributed by atoms with E-state index < -0.39 is 0 Å². The number of hydrogen-bond donors (Lipinski definition) is 1. The van der Waals surface area contributed by atoms with Crippen LogP contribution in [0.25, 0.3) is 0 Å². The van der Waals surface area contributed by atoms with Crippen molar-refractivity contribution in [3.63, 3.8) is 0 Å². The molecule has 1 aliphatic rings. The van der Waals surface area contributed by atoms with Crippen LogP contribution in [0.5, 0.6) is 0 Å². The number of carbonyl (C=O) groups is 1. The second kappa shape index (κ2) is 8.52. The quantitative estimate of drug-likeness (QED) is 0.571. The molecule has 0 aliphatic carbocycles. The van der Waals surface area contributed by atoms with Crippen LogP contribution in [0.1, 0.15) is 49.8 Å². The minimum atomic E-state index is -0.120. The van der Waals surface area contributed by atoms with Crippen molar-refractivity contribution in [2.45, 2.75) is 44.7 Å². The summed E-state index contributed by atoms with van der Waals surface area (Å²) in [5.41, 5.74) is 4.41. The summed E-state index contributed by atoms with van der Waals surface area (Å²) in [6.07, 6.45) is 1.67. The fraction of sp³-hybridized carbons (Fsp3) is 0.269. The van der Waals surface area contributed by atoms with Gasteiger partial charge in [-0.2, -0.15) is 0 Å². The van der Waals surface area contributed by atoms with Crippen LogP contribution in [0.4, 0.5) is 11.4 Å². The van der Waals surface area contributed by atoms with Crippen molar-refractivity contribution in [3.05, 3.63) is 96.1 Å². The van der Waals surface area contributed by atoms with E-state index in [0.717, 1.165) is 29.8 Å². The van der Waals surface area contributed by atoms with Gasteiger partial charge in [-0.05, 0) is 49.1 Å². The number of nitrogens with one attached hydrogen (secondary N) is 1. The van der Waals surface area contributed by atoms with E-state index in [1.54, 1.807) is 0 Å². The predicted octanol–water partition coefficient (Wildman–Crippen LogP) is 6.16. The zero-order valence-electron chi connectivity index (χ0n) is 17.1. The van der Waals surface area contributed by atoms with E-state index in [1.165, 1.54) is 5.56 Å². The molecule has 0 fully saturated rings. The lowest BCUT2D eigenvalue weighted by Gasteiger charge is -2.41. The Bertz CT molecular complexity index is 955. The van der Waals surface area contributed by atoms with E-state index in [9.17, 15) is 4.79 Å². The molecule has 1 amide bonds. The number of nitrogens with zero attached hydrogens (tertiary/aromatic N) is 1. The van der Waals surface area contributed by atoms with Gasteiger partial charge in [0.05, 0.1) is 12.0 Å². The first-order chi connectivity index (χ1) is 14.2. The Morgan fingerprint density at radius 2 is 1.59 bits per heavy atom. The summed E-state index contributed by atoms with van der Waals surface area (Å²) >= 11 is 0. The summed E-state index contributed by atoms with van der Waals surface area (Å²) < 4.78 is 0. The lowest BCUT2D eigenvalue weighted by molar-refractivity contribution is -0.120. The molecule has 3 heteroatoms. The third kappa shape index (κ3) is 3.91. The van der Waals surface area contributed by atoms with Gasteiger partial charge in [-0.15, -0.1) is 0 Å². The van der Waals surface area contributed by atoms with Gasteiger partial charge in [-0.1, -0.05) is 73.7 Å². The van der Waals surface area contributed by atoms with E-state index in [-0.39, 0.29) is 23.9 Å². The van der Waals surface area contributed by atoms with Crippen LogP contribution >= 0.6 is 0 Å². The normalized spacial score (nSPS) is 19.3. The number of para-hydroxylation sites is 2. The molecule has 3 nitrogen and oxygen atoms in total. The molecule has 0 radical (unpaired) electrons. The summed E-state index contributed by atoms with van der Waals surface area (Å²) in [5.74, 6) is 0.0714. The fourth-order valence-electron chi connectivity index (χ4n) is 4.43. The maximum atomic E-state index is 13.7. The standard InChI is InChI=1S/C26H28N2O/c1-3-22(20-12-6-4-7-13-20)26(29)28-19(2)18-24(23-16-10-11-17-25(23)28)27-21-14-8-5-9-15-21/h4-17,19,22,24,27H,3,18H2,1-2H3/t19-,22-,24-/m0/s1. The van der Waals surface area contributed by atoms with Gasteiger partial charge < -0.3 is 10.2 Å².